The number of hydrogen-bond acceptors (Lipinski definition) is 1. The highest BCUT2D eigenvalue weighted by Gasteiger charge is 2.07. The summed E-state index contributed by atoms with van der Waals surface area (Å²) in [6.07, 6.45) is 0. The topological polar surface area (TPSA) is 12.4 Å². The summed E-state index contributed by atoms with van der Waals surface area (Å²) in [6, 6.07) is 27.1. The van der Waals surface area contributed by atoms with Crippen LogP contribution < -0.4 is 0 Å². The van der Waals surface area contributed by atoms with Gasteiger partial charge in [0.15, 0.2) is 0 Å². The predicted molar refractivity (Wildman–Crippen MR) is 94.1 cm³/mol. The summed E-state index contributed by atoms with van der Waals surface area (Å²) < 4.78 is 0. The summed E-state index contributed by atoms with van der Waals surface area (Å²) in [5, 5.41) is 0. The van der Waals surface area contributed by atoms with Gasteiger partial charge in [0.05, 0.1) is 11.4 Å². The molecule has 0 bridgehead atoms. The standard InChI is InChI=1S/C21H19N/c1-16-13-14-17(2)20(15-16)22-21(18-9-5-3-6-10-18)19-11-7-4-8-12-19/h3-15H,1-2H3. The third-order valence-electron chi connectivity index (χ3n) is 3.69. The lowest BCUT2D eigenvalue weighted by molar-refractivity contribution is 1.34. The SMILES string of the molecule is Cc1ccc(C)c(N=C(c2ccccc2)c2ccccc2)c1. The lowest BCUT2D eigenvalue weighted by atomic mass is 10.0. The van der Waals surface area contributed by atoms with Crippen molar-refractivity contribution in [1.29, 1.82) is 0 Å². The van der Waals surface area contributed by atoms with E-state index in [-0.39, 0.29) is 0 Å². The third-order valence-corrected chi connectivity index (χ3v) is 3.69. The summed E-state index contributed by atoms with van der Waals surface area (Å²) >= 11 is 0. The highest BCUT2D eigenvalue weighted by Crippen LogP contribution is 2.23. The van der Waals surface area contributed by atoms with Gasteiger partial charge in [0.2, 0.25) is 0 Å². The maximum absolute atomic E-state index is 4.98. The van der Waals surface area contributed by atoms with E-state index in [4.69, 9.17) is 4.99 Å². The van der Waals surface area contributed by atoms with Gasteiger partial charge in [0.25, 0.3) is 0 Å². The smallest absolute Gasteiger partial charge is 0.0781 e. The minimum Gasteiger partial charge on any atom is -0.248 e. The van der Waals surface area contributed by atoms with Gasteiger partial charge in [-0.15, -0.1) is 0 Å². The monoisotopic (exact) mass is 285 g/mol. The van der Waals surface area contributed by atoms with Gasteiger partial charge in [-0.2, -0.15) is 0 Å². The molecule has 1 heteroatoms. The first-order chi connectivity index (χ1) is 10.7. The molecule has 0 radical (unpaired) electrons. The van der Waals surface area contributed by atoms with Gasteiger partial charge in [-0.1, -0.05) is 72.8 Å². The van der Waals surface area contributed by atoms with Crippen molar-refractivity contribution in [2.24, 2.45) is 4.99 Å². The lowest BCUT2D eigenvalue weighted by Crippen LogP contribution is -2.02. The molecule has 1 nitrogen and oxygen atoms in total. The molecule has 0 unspecified atom stereocenters. The number of rotatable bonds is 3. The van der Waals surface area contributed by atoms with Gasteiger partial charge in [0.1, 0.15) is 0 Å². The fraction of sp³-hybridized carbons (Fsp3) is 0.0952. The van der Waals surface area contributed by atoms with Crippen LogP contribution in [0.4, 0.5) is 5.69 Å². The first-order valence-electron chi connectivity index (χ1n) is 7.51. The minimum absolute atomic E-state index is 1.01. The van der Waals surface area contributed by atoms with Crippen LogP contribution in [0.15, 0.2) is 83.9 Å². The molecule has 0 aliphatic rings. The Labute approximate surface area is 132 Å². The average molecular weight is 285 g/mol. The first kappa shape index (κ1) is 14.3. The molecule has 22 heavy (non-hydrogen) atoms. The molecular weight excluding hydrogens is 266 g/mol. The summed E-state index contributed by atoms with van der Waals surface area (Å²) in [7, 11) is 0. The Morgan fingerprint density at radius 2 is 1.23 bits per heavy atom. The van der Waals surface area contributed by atoms with E-state index >= 15 is 0 Å². The van der Waals surface area contributed by atoms with Crippen LogP contribution in [0.5, 0.6) is 0 Å². The maximum Gasteiger partial charge on any atom is 0.0781 e. The first-order valence-corrected chi connectivity index (χ1v) is 7.51. The predicted octanol–water partition coefficient (Wildman–Crippen LogP) is 5.47. The molecule has 0 atom stereocenters. The van der Waals surface area contributed by atoms with E-state index < -0.39 is 0 Å². The number of aliphatic imine (C=N–C) groups is 1. The van der Waals surface area contributed by atoms with Crippen LogP contribution in [0.1, 0.15) is 22.3 Å². The summed E-state index contributed by atoms with van der Waals surface area (Å²) in [4.78, 5) is 4.98. The normalized spacial score (nSPS) is 10.3. The Morgan fingerprint density at radius 1 is 0.682 bits per heavy atom. The molecule has 0 fully saturated rings. The molecule has 0 saturated carbocycles. The number of aryl methyl sites for hydroxylation is 2. The quantitative estimate of drug-likeness (QED) is 0.566. The van der Waals surface area contributed by atoms with E-state index in [0.717, 1.165) is 22.5 Å². The lowest BCUT2D eigenvalue weighted by Gasteiger charge is -2.09. The van der Waals surface area contributed by atoms with Crippen molar-refractivity contribution < 1.29 is 0 Å². The summed E-state index contributed by atoms with van der Waals surface area (Å²) in [5.74, 6) is 0. The molecule has 0 spiro atoms. The molecule has 3 rings (SSSR count). The van der Waals surface area contributed by atoms with Gasteiger partial charge < -0.3 is 0 Å². The second kappa shape index (κ2) is 6.40. The van der Waals surface area contributed by atoms with E-state index in [1.807, 2.05) is 12.1 Å². The Hall–Kier alpha value is -2.67. The minimum atomic E-state index is 1.01. The molecule has 0 amide bonds. The van der Waals surface area contributed by atoms with E-state index in [0.29, 0.717) is 0 Å². The second-order valence-corrected chi connectivity index (χ2v) is 5.48. The van der Waals surface area contributed by atoms with Gasteiger partial charge in [-0.05, 0) is 31.0 Å². The van der Waals surface area contributed by atoms with Crippen molar-refractivity contribution >= 4 is 11.4 Å². The zero-order valence-electron chi connectivity index (χ0n) is 13.0. The fourth-order valence-electron chi connectivity index (χ4n) is 2.45. The summed E-state index contributed by atoms with van der Waals surface area (Å²) in [6.45, 7) is 4.20. The van der Waals surface area contributed by atoms with E-state index in [1.54, 1.807) is 0 Å². The Balaban J connectivity index is 2.18. The Morgan fingerprint density at radius 3 is 1.77 bits per heavy atom. The van der Waals surface area contributed by atoms with Crippen molar-refractivity contribution in [3.8, 4) is 0 Å². The Bertz CT molecular complexity index is 745. The molecule has 108 valence electrons. The van der Waals surface area contributed by atoms with Crippen LogP contribution in [0.3, 0.4) is 0 Å². The van der Waals surface area contributed by atoms with Gasteiger partial charge in [-0.3, -0.25) is 0 Å². The number of hydrogen-bond donors (Lipinski definition) is 0. The highest BCUT2D eigenvalue weighted by molar-refractivity contribution is 6.14. The van der Waals surface area contributed by atoms with Crippen LogP contribution in [0.25, 0.3) is 0 Å². The van der Waals surface area contributed by atoms with Crippen molar-refractivity contribution in [2.45, 2.75) is 13.8 Å². The van der Waals surface area contributed by atoms with Gasteiger partial charge in [-0.25, -0.2) is 4.99 Å². The average Bonchev–Trinajstić information content (AvgIpc) is 2.57. The van der Waals surface area contributed by atoms with Crippen molar-refractivity contribution in [3.05, 3.63) is 101 Å². The highest BCUT2D eigenvalue weighted by atomic mass is 14.8. The largest absolute Gasteiger partial charge is 0.248 e. The van der Waals surface area contributed by atoms with E-state index in [1.165, 1.54) is 11.1 Å². The van der Waals surface area contributed by atoms with E-state index in [2.05, 4.69) is 80.6 Å². The van der Waals surface area contributed by atoms with Crippen molar-refractivity contribution in [2.75, 3.05) is 0 Å². The molecule has 0 saturated heterocycles. The van der Waals surface area contributed by atoms with Crippen molar-refractivity contribution in [3.63, 3.8) is 0 Å². The molecule has 3 aromatic carbocycles. The molecule has 0 N–H and O–H groups in total. The second-order valence-electron chi connectivity index (χ2n) is 5.48. The maximum atomic E-state index is 4.98. The molecule has 0 heterocycles. The van der Waals surface area contributed by atoms with Gasteiger partial charge in [0, 0.05) is 11.1 Å². The summed E-state index contributed by atoms with van der Waals surface area (Å²) in [5.41, 5.74) is 6.72. The molecular formula is C21H19N. The zero-order chi connectivity index (χ0) is 15.4. The van der Waals surface area contributed by atoms with Crippen LogP contribution in [0.2, 0.25) is 0 Å². The van der Waals surface area contributed by atoms with Crippen LogP contribution in [-0.4, -0.2) is 5.71 Å². The number of benzene rings is 3. The zero-order valence-corrected chi connectivity index (χ0v) is 13.0. The van der Waals surface area contributed by atoms with Crippen LogP contribution >= 0.6 is 0 Å². The van der Waals surface area contributed by atoms with Crippen LogP contribution in [0, 0.1) is 13.8 Å². The molecule has 0 aromatic heterocycles. The molecule has 0 aliphatic heterocycles. The fourth-order valence-corrected chi connectivity index (χ4v) is 2.45. The van der Waals surface area contributed by atoms with Gasteiger partial charge >= 0.3 is 0 Å². The number of nitrogens with zero attached hydrogens (tertiary/aromatic N) is 1. The Kier molecular flexibility index (Phi) is 4.15. The van der Waals surface area contributed by atoms with Crippen LogP contribution in [-0.2, 0) is 0 Å². The molecule has 0 aliphatic carbocycles. The molecule has 3 aromatic rings. The van der Waals surface area contributed by atoms with E-state index in [9.17, 15) is 0 Å². The van der Waals surface area contributed by atoms with Crippen molar-refractivity contribution in [1.82, 2.24) is 0 Å². The third kappa shape index (κ3) is 3.15.